The predicted molar refractivity (Wildman–Crippen MR) is 49.0 cm³/mol. The Morgan fingerprint density at radius 3 is 2.43 bits per heavy atom. The molecule has 1 fully saturated rings. The molecule has 1 unspecified atom stereocenters. The molecule has 0 aromatic heterocycles. The molecule has 2 atom stereocenters. The Balaban J connectivity index is 2.44. The quantitative estimate of drug-likeness (QED) is 0.743. The van der Waals surface area contributed by atoms with Crippen LogP contribution in [0.3, 0.4) is 0 Å². The van der Waals surface area contributed by atoms with E-state index in [9.17, 15) is 13.6 Å². The van der Waals surface area contributed by atoms with Crippen molar-refractivity contribution < 1.29 is 13.6 Å². The molecule has 0 aliphatic carbocycles. The zero-order valence-corrected chi connectivity index (χ0v) is 8.46. The molecule has 0 bridgehead atoms. The topological polar surface area (TPSA) is 46.3 Å². The number of carbonyl (C=O) groups excluding carboxylic acids is 1. The number of hydrogen-bond donors (Lipinski definition) is 1. The van der Waals surface area contributed by atoms with Crippen molar-refractivity contribution in [3.8, 4) is 0 Å². The van der Waals surface area contributed by atoms with Crippen molar-refractivity contribution in [2.75, 3.05) is 13.1 Å². The van der Waals surface area contributed by atoms with Gasteiger partial charge < -0.3 is 10.6 Å². The van der Waals surface area contributed by atoms with Crippen LogP contribution in [0.1, 0.15) is 20.3 Å². The van der Waals surface area contributed by atoms with Crippen molar-refractivity contribution in [3.05, 3.63) is 0 Å². The van der Waals surface area contributed by atoms with E-state index in [1.807, 2.05) is 13.8 Å². The van der Waals surface area contributed by atoms with E-state index < -0.39 is 25.1 Å². The average molecular weight is 206 g/mol. The van der Waals surface area contributed by atoms with Gasteiger partial charge >= 0.3 is 0 Å². The molecule has 5 heteroatoms. The van der Waals surface area contributed by atoms with Gasteiger partial charge in [-0.3, -0.25) is 4.79 Å². The number of rotatable bonds is 3. The summed E-state index contributed by atoms with van der Waals surface area (Å²) in [5.41, 5.74) is 5.63. The first-order chi connectivity index (χ1) is 6.37. The maximum absolute atomic E-state index is 12.5. The lowest BCUT2D eigenvalue weighted by Gasteiger charge is -2.40. The van der Waals surface area contributed by atoms with Gasteiger partial charge in [0.15, 0.2) is 0 Å². The highest BCUT2D eigenvalue weighted by atomic mass is 19.3. The number of likely N-dealkylation sites (tertiary alicyclic amines) is 1. The van der Waals surface area contributed by atoms with Crippen LogP contribution in [0.4, 0.5) is 8.78 Å². The highest BCUT2D eigenvalue weighted by molar-refractivity contribution is 5.82. The van der Waals surface area contributed by atoms with Crippen molar-refractivity contribution in [2.45, 2.75) is 32.2 Å². The van der Waals surface area contributed by atoms with Gasteiger partial charge in [-0.25, -0.2) is 8.78 Å². The van der Waals surface area contributed by atoms with E-state index in [1.54, 1.807) is 0 Å². The Morgan fingerprint density at radius 2 is 2.07 bits per heavy atom. The molecule has 14 heavy (non-hydrogen) atoms. The lowest BCUT2D eigenvalue weighted by molar-refractivity contribution is -0.167. The molecule has 1 saturated heterocycles. The first-order valence-corrected chi connectivity index (χ1v) is 4.79. The highest BCUT2D eigenvalue weighted by Gasteiger charge is 2.47. The molecular formula is C9H16F2N2O. The molecule has 3 nitrogen and oxygen atoms in total. The van der Waals surface area contributed by atoms with E-state index in [2.05, 4.69) is 0 Å². The van der Waals surface area contributed by atoms with Crippen molar-refractivity contribution >= 4 is 5.91 Å². The molecule has 0 saturated carbocycles. The fourth-order valence-electron chi connectivity index (χ4n) is 1.38. The average Bonchev–Trinajstić information content (AvgIpc) is 2.10. The second-order valence-corrected chi connectivity index (χ2v) is 3.96. The summed E-state index contributed by atoms with van der Waals surface area (Å²) in [6.45, 7) is 2.81. The number of nitrogens with zero attached hydrogens (tertiary/aromatic N) is 1. The Morgan fingerprint density at radius 1 is 1.57 bits per heavy atom. The van der Waals surface area contributed by atoms with Crippen molar-refractivity contribution in [1.29, 1.82) is 0 Å². The van der Waals surface area contributed by atoms with Crippen LogP contribution in [-0.4, -0.2) is 35.9 Å². The zero-order valence-electron chi connectivity index (χ0n) is 8.46. The first kappa shape index (κ1) is 11.4. The molecule has 0 aromatic carbocycles. The summed E-state index contributed by atoms with van der Waals surface area (Å²) in [7, 11) is 0. The SMILES string of the molecule is CCC(C)[C@H](N)C(=O)N1CC(F)(F)C1. The molecule has 2 N–H and O–H groups in total. The van der Waals surface area contributed by atoms with Gasteiger partial charge in [0.1, 0.15) is 0 Å². The minimum absolute atomic E-state index is 0.0386. The number of alkyl halides is 2. The normalized spacial score (nSPS) is 23.9. The summed E-state index contributed by atoms with van der Waals surface area (Å²) in [6.07, 6.45) is 0.775. The van der Waals surface area contributed by atoms with E-state index in [-0.39, 0.29) is 11.8 Å². The van der Waals surface area contributed by atoms with Gasteiger partial charge in [-0.2, -0.15) is 0 Å². The van der Waals surface area contributed by atoms with Crippen LogP contribution in [0.25, 0.3) is 0 Å². The Kier molecular flexibility index (Phi) is 3.09. The summed E-state index contributed by atoms with van der Waals surface area (Å²) in [5, 5.41) is 0. The Bertz CT molecular complexity index is 225. The monoisotopic (exact) mass is 206 g/mol. The molecular weight excluding hydrogens is 190 g/mol. The smallest absolute Gasteiger partial charge is 0.282 e. The fraction of sp³-hybridized carbons (Fsp3) is 0.889. The first-order valence-electron chi connectivity index (χ1n) is 4.79. The van der Waals surface area contributed by atoms with E-state index >= 15 is 0 Å². The molecule has 0 radical (unpaired) electrons. The lowest BCUT2D eigenvalue weighted by Crippen LogP contribution is -2.62. The molecule has 1 aliphatic heterocycles. The molecule has 1 rings (SSSR count). The van der Waals surface area contributed by atoms with Crippen LogP contribution in [0.2, 0.25) is 0 Å². The largest absolute Gasteiger partial charge is 0.329 e. The van der Waals surface area contributed by atoms with Crippen LogP contribution >= 0.6 is 0 Å². The number of hydrogen-bond acceptors (Lipinski definition) is 2. The summed E-state index contributed by atoms with van der Waals surface area (Å²) < 4.78 is 24.9. The minimum Gasteiger partial charge on any atom is -0.329 e. The maximum Gasteiger partial charge on any atom is 0.282 e. The molecule has 1 aliphatic rings. The lowest BCUT2D eigenvalue weighted by atomic mass is 9.97. The molecule has 0 aromatic rings. The second-order valence-electron chi connectivity index (χ2n) is 3.96. The Hall–Kier alpha value is -0.710. The van der Waals surface area contributed by atoms with Gasteiger partial charge in [-0.05, 0) is 5.92 Å². The molecule has 0 spiro atoms. The van der Waals surface area contributed by atoms with Gasteiger partial charge in [0.25, 0.3) is 5.92 Å². The van der Waals surface area contributed by atoms with Crippen LogP contribution in [0.15, 0.2) is 0 Å². The number of amides is 1. The number of halogens is 2. The van der Waals surface area contributed by atoms with Gasteiger partial charge in [0.05, 0.1) is 19.1 Å². The van der Waals surface area contributed by atoms with E-state index in [1.165, 1.54) is 0 Å². The number of nitrogens with two attached hydrogens (primary N) is 1. The van der Waals surface area contributed by atoms with Crippen LogP contribution in [0.5, 0.6) is 0 Å². The van der Waals surface area contributed by atoms with Crippen molar-refractivity contribution in [1.82, 2.24) is 4.90 Å². The van der Waals surface area contributed by atoms with Crippen LogP contribution in [-0.2, 0) is 4.79 Å². The standard InChI is InChI=1S/C9H16F2N2O/c1-3-6(2)7(12)8(14)13-4-9(10,11)5-13/h6-7H,3-5,12H2,1-2H3/t6?,7-/m0/s1. The molecule has 82 valence electrons. The third-order valence-electron chi connectivity index (χ3n) is 2.70. The minimum atomic E-state index is -2.70. The van der Waals surface area contributed by atoms with E-state index in [0.717, 1.165) is 11.3 Å². The van der Waals surface area contributed by atoms with Crippen LogP contribution < -0.4 is 5.73 Å². The second kappa shape index (κ2) is 3.81. The number of carbonyl (C=O) groups is 1. The van der Waals surface area contributed by atoms with Crippen molar-refractivity contribution in [2.24, 2.45) is 11.7 Å². The summed E-state index contributed by atoms with van der Waals surface area (Å²) >= 11 is 0. The Labute approximate surface area is 82.2 Å². The third-order valence-corrected chi connectivity index (χ3v) is 2.70. The molecule has 1 amide bonds. The van der Waals surface area contributed by atoms with Gasteiger partial charge in [0.2, 0.25) is 5.91 Å². The summed E-state index contributed by atoms with van der Waals surface area (Å²) in [6, 6.07) is -0.643. The van der Waals surface area contributed by atoms with Gasteiger partial charge in [0, 0.05) is 0 Å². The highest BCUT2D eigenvalue weighted by Crippen LogP contribution is 2.27. The molecule has 1 heterocycles. The van der Waals surface area contributed by atoms with Crippen molar-refractivity contribution in [3.63, 3.8) is 0 Å². The summed E-state index contributed by atoms with van der Waals surface area (Å²) in [4.78, 5) is 12.6. The third kappa shape index (κ3) is 2.20. The van der Waals surface area contributed by atoms with E-state index in [0.29, 0.717) is 0 Å². The predicted octanol–water partition coefficient (Wildman–Crippen LogP) is 0.837. The van der Waals surface area contributed by atoms with Gasteiger partial charge in [-0.15, -0.1) is 0 Å². The van der Waals surface area contributed by atoms with Gasteiger partial charge in [-0.1, -0.05) is 20.3 Å². The summed E-state index contributed by atoms with van der Waals surface area (Å²) in [5.74, 6) is -3.02. The zero-order chi connectivity index (χ0) is 10.9. The maximum atomic E-state index is 12.5. The van der Waals surface area contributed by atoms with E-state index in [4.69, 9.17) is 5.73 Å². The fourth-order valence-corrected chi connectivity index (χ4v) is 1.38. The van der Waals surface area contributed by atoms with Crippen LogP contribution in [0, 0.1) is 5.92 Å².